The van der Waals surface area contributed by atoms with Gasteiger partial charge in [-0.15, -0.1) is 0 Å². The van der Waals surface area contributed by atoms with Gasteiger partial charge in [-0.2, -0.15) is 0 Å². The van der Waals surface area contributed by atoms with E-state index in [0.717, 1.165) is 19.6 Å². The Labute approximate surface area is 137 Å². The highest BCUT2D eigenvalue weighted by Gasteiger charge is 2.20. The van der Waals surface area contributed by atoms with Crippen LogP contribution in [-0.2, 0) is 6.54 Å². The maximum absolute atomic E-state index is 11.0. The molecule has 0 aromatic heterocycles. The van der Waals surface area contributed by atoms with Crippen molar-refractivity contribution in [3.05, 3.63) is 59.7 Å². The van der Waals surface area contributed by atoms with Crippen LogP contribution in [-0.4, -0.2) is 47.2 Å². The molecule has 23 heavy (non-hydrogen) atoms. The van der Waals surface area contributed by atoms with Crippen LogP contribution in [0.2, 0.25) is 0 Å². The minimum absolute atomic E-state index is 0.594. The first-order valence-electron chi connectivity index (χ1n) is 7.98. The highest BCUT2D eigenvalue weighted by molar-refractivity contribution is 5.65. The number of rotatable bonds is 3. The second-order valence-corrected chi connectivity index (χ2v) is 6.05. The second-order valence-electron chi connectivity index (χ2n) is 6.05. The van der Waals surface area contributed by atoms with Gasteiger partial charge in [0.05, 0.1) is 0 Å². The summed E-state index contributed by atoms with van der Waals surface area (Å²) in [6, 6.07) is 17.0. The first-order chi connectivity index (χ1) is 11.1. The fourth-order valence-corrected chi connectivity index (χ4v) is 3.02. The Kier molecular flexibility index (Phi) is 4.63. The van der Waals surface area contributed by atoms with E-state index in [-0.39, 0.29) is 0 Å². The summed E-state index contributed by atoms with van der Waals surface area (Å²) in [6.07, 6.45) is -0.812. The summed E-state index contributed by atoms with van der Waals surface area (Å²) in [4.78, 5) is 14.8. The molecule has 0 saturated carbocycles. The molecule has 0 aliphatic carbocycles. The van der Waals surface area contributed by atoms with Crippen molar-refractivity contribution in [3.63, 3.8) is 0 Å². The predicted molar refractivity (Wildman–Crippen MR) is 91.5 cm³/mol. The molecule has 3 rings (SSSR count). The zero-order valence-electron chi connectivity index (χ0n) is 13.4. The Morgan fingerprint density at radius 2 is 1.70 bits per heavy atom. The van der Waals surface area contributed by atoms with E-state index < -0.39 is 6.09 Å². The van der Waals surface area contributed by atoms with Gasteiger partial charge in [-0.1, -0.05) is 48.5 Å². The predicted octanol–water partition coefficient (Wildman–Crippen LogP) is 3.46. The van der Waals surface area contributed by atoms with Crippen LogP contribution >= 0.6 is 0 Å². The van der Waals surface area contributed by atoms with E-state index in [4.69, 9.17) is 5.11 Å². The molecule has 2 aromatic carbocycles. The Balaban J connectivity index is 1.67. The zero-order chi connectivity index (χ0) is 16.2. The Morgan fingerprint density at radius 1 is 1.00 bits per heavy atom. The molecule has 1 fully saturated rings. The molecule has 4 heteroatoms. The number of hydrogen-bond acceptors (Lipinski definition) is 2. The van der Waals surface area contributed by atoms with Crippen LogP contribution < -0.4 is 0 Å². The third-order valence-electron chi connectivity index (χ3n) is 4.49. The van der Waals surface area contributed by atoms with E-state index >= 15 is 0 Å². The van der Waals surface area contributed by atoms with Gasteiger partial charge in [-0.3, -0.25) is 4.90 Å². The Hall–Kier alpha value is -2.33. The number of hydrogen-bond donors (Lipinski definition) is 1. The van der Waals surface area contributed by atoms with Crippen molar-refractivity contribution in [2.75, 3.05) is 26.2 Å². The lowest BCUT2D eigenvalue weighted by molar-refractivity contribution is 0.103. The summed E-state index contributed by atoms with van der Waals surface area (Å²) in [7, 11) is 0. The maximum Gasteiger partial charge on any atom is 0.407 e. The van der Waals surface area contributed by atoms with Gasteiger partial charge in [-0.25, -0.2) is 4.79 Å². The van der Waals surface area contributed by atoms with Gasteiger partial charge in [0.2, 0.25) is 0 Å². The molecule has 0 radical (unpaired) electrons. The van der Waals surface area contributed by atoms with Crippen molar-refractivity contribution in [1.29, 1.82) is 0 Å². The summed E-state index contributed by atoms with van der Waals surface area (Å²) in [6.45, 7) is 5.81. The molecule has 120 valence electrons. The average molecular weight is 310 g/mol. The first-order valence-corrected chi connectivity index (χ1v) is 7.98. The molecular formula is C19H22N2O2. The number of nitrogens with zero attached hydrogens (tertiary/aromatic N) is 2. The van der Waals surface area contributed by atoms with Crippen molar-refractivity contribution in [2.24, 2.45) is 0 Å². The van der Waals surface area contributed by atoms with Crippen molar-refractivity contribution in [1.82, 2.24) is 9.80 Å². The standard InChI is InChI=1S/C19H22N2O2/c1-15-13-17(16-5-3-2-4-6-16)7-8-18(15)14-20-9-11-21(12-10-20)19(22)23/h2-8,13H,9-12,14H2,1H3,(H,22,23). The van der Waals surface area contributed by atoms with Crippen LogP contribution in [0.3, 0.4) is 0 Å². The average Bonchev–Trinajstić information content (AvgIpc) is 2.58. The molecule has 2 aromatic rings. The third-order valence-corrected chi connectivity index (χ3v) is 4.49. The number of amides is 1. The molecule has 0 spiro atoms. The molecule has 1 N–H and O–H groups in total. The lowest BCUT2D eigenvalue weighted by atomic mass is 9.99. The largest absolute Gasteiger partial charge is 0.465 e. The van der Waals surface area contributed by atoms with Gasteiger partial charge in [0.15, 0.2) is 0 Å². The normalized spacial score (nSPS) is 15.6. The van der Waals surface area contributed by atoms with Crippen molar-refractivity contribution >= 4 is 6.09 Å². The van der Waals surface area contributed by atoms with Gasteiger partial charge in [0.1, 0.15) is 0 Å². The summed E-state index contributed by atoms with van der Waals surface area (Å²) in [5, 5.41) is 9.00. The van der Waals surface area contributed by atoms with Crippen molar-refractivity contribution < 1.29 is 9.90 Å². The molecule has 1 amide bonds. The van der Waals surface area contributed by atoms with E-state index in [1.165, 1.54) is 27.2 Å². The van der Waals surface area contributed by atoms with Gasteiger partial charge in [0, 0.05) is 32.7 Å². The molecule has 1 heterocycles. The van der Waals surface area contributed by atoms with Crippen LogP contribution in [0.4, 0.5) is 4.79 Å². The third kappa shape index (κ3) is 3.71. The van der Waals surface area contributed by atoms with Crippen LogP contribution in [0.25, 0.3) is 11.1 Å². The van der Waals surface area contributed by atoms with E-state index in [1.807, 2.05) is 6.07 Å². The molecule has 0 atom stereocenters. The van der Waals surface area contributed by atoms with Crippen LogP contribution in [0.15, 0.2) is 48.5 Å². The minimum Gasteiger partial charge on any atom is -0.465 e. The summed E-state index contributed by atoms with van der Waals surface area (Å²) in [5.74, 6) is 0. The smallest absolute Gasteiger partial charge is 0.407 e. The Morgan fingerprint density at radius 3 is 2.30 bits per heavy atom. The van der Waals surface area contributed by atoms with Crippen LogP contribution in [0.5, 0.6) is 0 Å². The van der Waals surface area contributed by atoms with Crippen LogP contribution in [0, 0.1) is 6.92 Å². The second kappa shape index (κ2) is 6.84. The lowest BCUT2D eigenvalue weighted by Crippen LogP contribution is -2.47. The van der Waals surface area contributed by atoms with Gasteiger partial charge in [-0.05, 0) is 29.2 Å². The topological polar surface area (TPSA) is 43.8 Å². The minimum atomic E-state index is -0.812. The SMILES string of the molecule is Cc1cc(-c2ccccc2)ccc1CN1CCN(C(=O)O)CC1. The molecule has 1 aliphatic heterocycles. The highest BCUT2D eigenvalue weighted by Crippen LogP contribution is 2.23. The highest BCUT2D eigenvalue weighted by atomic mass is 16.4. The molecular weight excluding hydrogens is 288 g/mol. The summed E-state index contributed by atoms with van der Waals surface area (Å²) < 4.78 is 0. The monoisotopic (exact) mass is 310 g/mol. The number of benzene rings is 2. The lowest BCUT2D eigenvalue weighted by Gasteiger charge is -2.33. The molecule has 4 nitrogen and oxygen atoms in total. The zero-order valence-corrected chi connectivity index (χ0v) is 13.4. The van der Waals surface area contributed by atoms with Gasteiger partial charge in [0.25, 0.3) is 0 Å². The molecule has 0 bridgehead atoms. The summed E-state index contributed by atoms with van der Waals surface area (Å²) in [5.41, 5.74) is 5.07. The maximum atomic E-state index is 11.0. The first kappa shape index (κ1) is 15.6. The number of carbonyl (C=O) groups is 1. The fourth-order valence-electron chi connectivity index (χ4n) is 3.02. The quantitative estimate of drug-likeness (QED) is 0.944. The van der Waals surface area contributed by atoms with E-state index in [2.05, 4.69) is 54.3 Å². The van der Waals surface area contributed by atoms with Gasteiger partial charge < -0.3 is 10.0 Å². The van der Waals surface area contributed by atoms with E-state index in [0.29, 0.717) is 13.1 Å². The Bertz CT molecular complexity index is 677. The number of aryl methyl sites for hydroxylation is 1. The molecule has 0 unspecified atom stereocenters. The van der Waals surface area contributed by atoms with Crippen molar-refractivity contribution in [2.45, 2.75) is 13.5 Å². The van der Waals surface area contributed by atoms with Gasteiger partial charge >= 0.3 is 6.09 Å². The fraction of sp³-hybridized carbons (Fsp3) is 0.316. The van der Waals surface area contributed by atoms with E-state index in [9.17, 15) is 4.79 Å². The van der Waals surface area contributed by atoms with E-state index in [1.54, 1.807) is 0 Å². The van der Waals surface area contributed by atoms with Crippen LogP contribution in [0.1, 0.15) is 11.1 Å². The van der Waals surface area contributed by atoms with Crippen molar-refractivity contribution in [3.8, 4) is 11.1 Å². The number of piperazine rings is 1. The number of carboxylic acid groups (broad SMARTS) is 1. The molecule has 1 saturated heterocycles. The summed E-state index contributed by atoms with van der Waals surface area (Å²) >= 11 is 0. The molecule has 1 aliphatic rings.